The molecule has 0 saturated heterocycles. The van der Waals surface area contributed by atoms with Gasteiger partial charge in [0.1, 0.15) is 6.42 Å². The summed E-state index contributed by atoms with van der Waals surface area (Å²) in [6.07, 6.45) is -1.88. The number of carbonyl (C=O) groups excluding carboxylic acids is 1. The molecule has 0 fully saturated rings. The van der Waals surface area contributed by atoms with E-state index in [4.69, 9.17) is 0 Å². The van der Waals surface area contributed by atoms with E-state index in [1.165, 1.54) is 0 Å². The fourth-order valence-corrected chi connectivity index (χ4v) is 1.58. The Morgan fingerprint density at radius 1 is 1.13 bits per heavy atom. The van der Waals surface area contributed by atoms with E-state index in [9.17, 15) is 18.0 Å². The largest absolute Gasteiger partial charge is 0.397 e. The van der Waals surface area contributed by atoms with Gasteiger partial charge in [0, 0.05) is 6.54 Å². The molecular weight excluding hydrogens is 322 g/mol. The third kappa shape index (κ3) is 11.9. The van der Waals surface area contributed by atoms with Gasteiger partial charge in [-0.2, -0.15) is 13.2 Å². The Kier molecular flexibility index (Phi) is 8.17. The van der Waals surface area contributed by atoms with Crippen LogP contribution in [0.4, 0.5) is 13.2 Å². The summed E-state index contributed by atoms with van der Waals surface area (Å²) in [4.78, 5) is 10.7. The molecule has 2 nitrogen and oxygen atoms in total. The highest BCUT2D eigenvalue weighted by Crippen LogP contribution is 2.18. The Hall–Kier alpha value is -0.0100. The SMILES string of the molecule is O=C(CC(F)(F)F)NCCCCCCI. The summed E-state index contributed by atoms with van der Waals surface area (Å²) in [5, 5.41) is 2.26. The normalized spacial score (nSPS) is 11.5. The number of halogens is 4. The van der Waals surface area contributed by atoms with Crippen molar-refractivity contribution in [1.29, 1.82) is 0 Å². The molecule has 1 N–H and O–H groups in total. The maximum atomic E-state index is 11.7. The van der Waals surface area contributed by atoms with Gasteiger partial charge in [0.15, 0.2) is 0 Å². The van der Waals surface area contributed by atoms with Gasteiger partial charge in [-0.05, 0) is 17.3 Å². The van der Waals surface area contributed by atoms with Gasteiger partial charge >= 0.3 is 6.18 Å². The summed E-state index contributed by atoms with van der Waals surface area (Å²) in [5.41, 5.74) is 0. The Morgan fingerprint density at radius 3 is 2.27 bits per heavy atom. The Bertz CT molecular complexity index is 185. The van der Waals surface area contributed by atoms with Crippen LogP contribution in [-0.2, 0) is 4.79 Å². The first-order valence-electron chi connectivity index (χ1n) is 4.85. The summed E-state index contributed by atoms with van der Waals surface area (Å²) in [7, 11) is 0. The van der Waals surface area contributed by atoms with Crippen LogP contribution in [-0.4, -0.2) is 23.1 Å². The molecular formula is C9H15F3INO. The van der Waals surface area contributed by atoms with Gasteiger partial charge in [-0.15, -0.1) is 0 Å². The smallest absolute Gasteiger partial charge is 0.356 e. The van der Waals surface area contributed by atoms with Crippen molar-refractivity contribution in [1.82, 2.24) is 5.32 Å². The number of amides is 1. The highest BCUT2D eigenvalue weighted by atomic mass is 127. The van der Waals surface area contributed by atoms with Crippen molar-refractivity contribution in [3.63, 3.8) is 0 Å². The van der Waals surface area contributed by atoms with Crippen molar-refractivity contribution < 1.29 is 18.0 Å². The van der Waals surface area contributed by atoms with E-state index in [1.807, 2.05) is 0 Å². The van der Waals surface area contributed by atoms with E-state index in [0.29, 0.717) is 6.54 Å². The summed E-state index contributed by atoms with van der Waals surface area (Å²) in [6.45, 7) is 0.343. The summed E-state index contributed by atoms with van der Waals surface area (Å²) in [5.74, 6) is -0.934. The summed E-state index contributed by atoms with van der Waals surface area (Å²) >= 11 is 2.28. The second-order valence-corrected chi connectivity index (χ2v) is 4.32. The van der Waals surface area contributed by atoms with E-state index in [1.54, 1.807) is 0 Å². The van der Waals surface area contributed by atoms with E-state index in [0.717, 1.165) is 30.1 Å². The predicted octanol–water partition coefficient (Wildman–Crippen LogP) is 3.05. The van der Waals surface area contributed by atoms with Gasteiger partial charge in [0.2, 0.25) is 5.91 Å². The molecule has 0 spiro atoms. The van der Waals surface area contributed by atoms with Gasteiger partial charge in [-0.25, -0.2) is 0 Å². The molecule has 0 rings (SSSR count). The van der Waals surface area contributed by atoms with Crippen LogP contribution in [0.25, 0.3) is 0 Å². The lowest BCUT2D eigenvalue weighted by atomic mass is 10.2. The van der Waals surface area contributed by atoms with Gasteiger partial charge in [-0.1, -0.05) is 35.4 Å². The number of carbonyl (C=O) groups is 1. The van der Waals surface area contributed by atoms with Crippen molar-refractivity contribution in [2.75, 3.05) is 11.0 Å². The zero-order valence-electron chi connectivity index (χ0n) is 8.37. The fourth-order valence-electron chi connectivity index (χ4n) is 1.05. The maximum absolute atomic E-state index is 11.7. The molecule has 0 radical (unpaired) electrons. The highest BCUT2D eigenvalue weighted by molar-refractivity contribution is 14.1. The predicted molar refractivity (Wildman–Crippen MR) is 61.0 cm³/mol. The average Bonchev–Trinajstić information content (AvgIpc) is 2.08. The van der Waals surface area contributed by atoms with Gasteiger partial charge in [0.05, 0.1) is 0 Å². The summed E-state index contributed by atoms with van der Waals surface area (Å²) < 4.78 is 36.3. The number of unbranched alkanes of at least 4 members (excludes halogenated alkanes) is 3. The molecule has 0 saturated carbocycles. The molecule has 0 aliphatic carbocycles. The third-order valence-corrected chi connectivity index (χ3v) is 2.51. The van der Waals surface area contributed by atoms with Gasteiger partial charge in [-0.3, -0.25) is 4.79 Å². The number of hydrogen-bond acceptors (Lipinski definition) is 1. The molecule has 0 heterocycles. The van der Waals surface area contributed by atoms with Crippen LogP contribution in [0.15, 0.2) is 0 Å². The van der Waals surface area contributed by atoms with Crippen LogP contribution in [0.3, 0.4) is 0 Å². The quantitative estimate of drug-likeness (QED) is 0.432. The van der Waals surface area contributed by atoms with Crippen molar-refractivity contribution in [3.05, 3.63) is 0 Å². The third-order valence-electron chi connectivity index (χ3n) is 1.74. The fraction of sp³-hybridized carbons (Fsp3) is 0.889. The van der Waals surface area contributed by atoms with Crippen molar-refractivity contribution in [2.45, 2.75) is 38.3 Å². The lowest BCUT2D eigenvalue weighted by Gasteiger charge is -2.07. The van der Waals surface area contributed by atoms with Crippen LogP contribution >= 0.6 is 22.6 Å². The molecule has 90 valence electrons. The first-order valence-corrected chi connectivity index (χ1v) is 6.37. The first-order chi connectivity index (χ1) is 6.95. The molecule has 0 unspecified atom stereocenters. The highest BCUT2D eigenvalue weighted by Gasteiger charge is 2.30. The van der Waals surface area contributed by atoms with Crippen molar-refractivity contribution in [2.24, 2.45) is 0 Å². The average molecular weight is 337 g/mol. The summed E-state index contributed by atoms with van der Waals surface area (Å²) in [6, 6.07) is 0. The van der Waals surface area contributed by atoms with Crippen LogP contribution in [0.2, 0.25) is 0 Å². The Morgan fingerprint density at radius 2 is 1.73 bits per heavy atom. The van der Waals surface area contributed by atoms with E-state index in [-0.39, 0.29) is 0 Å². The Balaban J connectivity index is 3.32. The second kappa shape index (κ2) is 8.18. The first kappa shape index (κ1) is 15.0. The molecule has 6 heteroatoms. The van der Waals surface area contributed by atoms with Crippen LogP contribution in [0.1, 0.15) is 32.1 Å². The molecule has 0 aliphatic heterocycles. The molecule has 0 bridgehead atoms. The van der Waals surface area contributed by atoms with Crippen molar-refractivity contribution in [3.8, 4) is 0 Å². The number of nitrogens with one attached hydrogen (secondary N) is 1. The lowest BCUT2D eigenvalue weighted by Crippen LogP contribution is -2.29. The lowest BCUT2D eigenvalue weighted by molar-refractivity contribution is -0.153. The minimum atomic E-state index is -4.40. The zero-order chi connectivity index (χ0) is 11.7. The second-order valence-electron chi connectivity index (χ2n) is 3.25. The number of alkyl halides is 4. The van der Waals surface area contributed by atoms with Crippen LogP contribution < -0.4 is 5.32 Å². The molecule has 0 aromatic rings. The molecule has 0 aliphatic rings. The minimum Gasteiger partial charge on any atom is -0.356 e. The van der Waals surface area contributed by atoms with Gasteiger partial charge < -0.3 is 5.32 Å². The van der Waals surface area contributed by atoms with Crippen LogP contribution in [0, 0.1) is 0 Å². The monoisotopic (exact) mass is 337 g/mol. The molecule has 1 amide bonds. The van der Waals surface area contributed by atoms with Gasteiger partial charge in [0.25, 0.3) is 0 Å². The minimum absolute atomic E-state index is 0.343. The standard InChI is InChI=1S/C9H15F3INO/c10-9(11,12)7-8(15)14-6-4-2-1-3-5-13/h1-7H2,(H,14,15). The topological polar surface area (TPSA) is 29.1 Å². The Labute approximate surface area is 101 Å². The van der Waals surface area contributed by atoms with Crippen LogP contribution in [0.5, 0.6) is 0 Å². The maximum Gasteiger partial charge on any atom is 0.397 e. The zero-order valence-corrected chi connectivity index (χ0v) is 10.5. The molecule has 0 aromatic carbocycles. The molecule has 0 aromatic heterocycles. The van der Waals surface area contributed by atoms with E-state index >= 15 is 0 Å². The van der Waals surface area contributed by atoms with Crippen molar-refractivity contribution >= 4 is 28.5 Å². The molecule has 15 heavy (non-hydrogen) atoms. The van der Waals surface area contributed by atoms with E-state index < -0.39 is 18.5 Å². The van der Waals surface area contributed by atoms with E-state index in [2.05, 4.69) is 27.9 Å². The number of hydrogen-bond donors (Lipinski definition) is 1. The number of rotatable bonds is 7. The molecule has 0 atom stereocenters.